The Morgan fingerprint density at radius 2 is 1.33 bits per heavy atom. The van der Waals surface area contributed by atoms with Crippen LogP contribution in [0.3, 0.4) is 0 Å². The largest absolute Gasteiger partial charge is 0.234 e. The Hall–Kier alpha value is -1.24. The van der Waals surface area contributed by atoms with E-state index in [0.717, 1.165) is 12.8 Å². The Bertz CT molecular complexity index is 297. The summed E-state index contributed by atoms with van der Waals surface area (Å²) in [6, 6.07) is 0. The lowest BCUT2D eigenvalue weighted by Gasteiger charge is -2.25. The van der Waals surface area contributed by atoms with Gasteiger partial charge in [-0.15, -0.1) is 0 Å². The van der Waals surface area contributed by atoms with Crippen LogP contribution in [0.5, 0.6) is 0 Å². The number of fused-ring (bicyclic) bond motifs is 2. The number of aliphatic imine (C=N–C) groups is 2. The highest BCUT2D eigenvalue weighted by Crippen LogP contribution is 2.51. The molecule has 2 fully saturated rings. The van der Waals surface area contributed by atoms with Crippen LogP contribution in [-0.4, -0.2) is 25.2 Å². The Labute approximate surface area is 88.5 Å². The van der Waals surface area contributed by atoms with Crippen molar-refractivity contribution < 1.29 is 9.59 Å². The van der Waals surface area contributed by atoms with Gasteiger partial charge in [0.15, 0.2) is 0 Å². The third-order valence-corrected chi connectivity index (χ3v) is 3.93. The maximum absolute atomic E-state index is 10.0. The summed E-state index contributed by atoms with van der Waals surface area (Å²) in [5.74, 6) is 2.48. The van der Waals surface area contributed by atoms with Gasteiger partial charge >= 0.3 is 0 Å². The number of rotatable bonds is 4. The highest BCUT2D eigenvalue weighted by atomic mass is 16.1. The SMILES string of the molecule is O=C=NCC1CC2CC1CC2CN=C=O. The number of hydrogen-bond acceptors (Lipinski definition) is 4. The van der Waals surface area contributed by atoms with Crippen molar-refractivity contribution in [1.82, 2.24) is 0 Å². The minimum absolute atomic E-state index is 0.563. The molecule has 4 heteroatoms. The van der Waals surface area contributed by atoms with Crippen molar-refractivity contribution in [2.24, 2.45) is 33.7 Å². The van der Waals surface area contributed by atoms with E-state index in [0.29, 0.717) is 36.8 Å². The molecule has 0 spiro atoms. The molecule has 2 aliphatic carbocycles. The van der Waals surface area contributed by atoms with Gasteiger partial charge < -0.3 is 0 Å². The highest BCUT2D eigenvalue weighted by molar-refractivity contribution is 5.33. The lowest BCUT2D eigenvalue weighted by atomic mass is 9.82. The van der Waals surface area contributed by atoms with E-state index >= 15 is 0 Å². The van der Waals surface area contributed by atoms with Gasteiger partial charge in [-0.25, -0.2) is 19.6 Å². The average molecular weight is 206 g/mol. The third kappa shape index (κ3) is 2.06. The molecule has 4 unspecified atom stereocenters. The summed E-state index contributed by atoms with van der Waals surface area (Å²) in [6.07, 6.45) is 6.70. The second-order valence-corrected chi connectivity index (χ2v) is 4.61. The van der Waals surface area contributed by atoms with Crippen LogP contribution in [0, 0.1) is 23.7 Å². The van der Waals surface area contributed by atoms with E-state index in [-0.39, 0.29) is 0 Å². The number of isocyanates is 2. The highest BCUT2D eigenvalue weighted by Gasteiger charge is 2.45. The Morgan fingerprint density at radius 1 is 0.867 bits per heavy atom. The summed E-state index contributed by atoms with van der Waals surface area (Å²) < 4.78 is 0. The zero-order valence-corrected chi connectivity index (χ0v) is 8.56. The molecule has 2 rings (SSSR count). The summed E-state index contributed by atoms with van der Waals surface area (Å²) in [7, 11) is 0. The number of nitrogens with zero attached hydrogens (tertiary/aromatic N) is 2. The first-order valence-corrected chi connectivity index (χ1v) is 5.42. The topological polar surface area (TPSA) is 58.9 Å². The van der Waals surface area contributed by atoms with Crippen LogP contribution in [0.25, 0.3) is 0 Å². The number of hydrogen-bond donors (Lipinski definition) is 0. The van der Waals surface area contributed by atoms with Crippen molar-refractivity contribution in [3.05, 3.63) is 0 Å². The van der Waals surface area contributed by atoms with Gasteiger partial charge in [-0.1, -0.05) is 0 Å². The van der Waals surface area contributed by atoms with Crippen LogP contribution in [0.2, 0.25) is 0 Å². The molecule has 0 aromatic carbocycles. The smallest absolute Gasteiger partial charge is 0.211 e. The van der Waals surface area contributed by atoms with E-state index in [2.05, 4.69) is 9.98 Å². The minimum atomic E-state index is 0.563. The maximum atomic E-state index is 10.0. The van der Waals surface area contributed by atoms with Crippen LogP contribution < -0.4 is 0 Å². The van der Waals surface area contributed by atoms with Gasteiger partial charge in [0.2, 0.25) is 12.2 Å². The van der Waals surface area contributed by atoms with Gasteiger partial charge in [-0.05, 0) is 42.9 Å². The first-order chi connectivity index (χ1) is 7.35. The normalized spacial score (nSPS) is 37.1. The lowest BCUT2D eigenvalue weighted by Crippen LogP contribution is -2.21. The monoisotopic (exact) mass is 206 g/mol. The molecule has 4 atom stereocenters. The minimum Gasteiger partial charge on any atom is -0.211 e. The quantitative estimate of drug-likeness (QED) is 0.514. The van der Waals surface area contributed by atoms with Crippen molar-refractivity contribution in [2.45, 2.75) is 19.3 Å². The van der Waals surface area contributed by atoms with E-state index in [1.807, 2.05) is 0 Å². The van der Waals surface area contributed by atoms with E-state index in [4.69, 9.17) is 0 Å². The summed E-state index contributed by atoms with van der Waals surface area (Å²) in [5.41, 5.74) is 0. The van der Waals surface area contributed by atoms with Crippen LogP contribution in [-0.2, 0) is 9.59 Å². The van der Waals surface area contributed by atoms with Gasteiger partial charge in [-0.3, -0.25) is 0 Å². The molecule has 2 bridgehead atoms. The molecule has 0 aromatic rings. The molecule has 0 radical (unpaired) electrons. The predicted octanol–water partition coefficient (Wildman–Crippen LogP) is 1.32. The van der Waals surface area contributed by atoms with Gasteiger partial charge in [0, 0.05) is 0 Å². The van der Waals surface area contributed by atoms with E-state index in [1.54, 1.807) is 12.2 Å². The van der Waals surface area contributed by atoms with Crippen LogP contribution in [0.1, 0.15) is 19.3 Å². The summed E-state index contributed by atoms with van der Waals surface area (Å²) >= 11 is 0. The molecule has 2 aliphatic rings. The molecule has 15 heavy (non-hydrogen) atoms. The zero-order chi connectivity index (χ0) is 10.7. The molecule has 0 aromatic heterocycles. The number of carbonyl (C=O) groups excluding carboxylic acids is 2. The molecule has 0 heterocycles. The molecule has 0 aliphatic heterocycles. The molecule has 0 amide bonds. The first kappa shape index (κ1) is 10.3. The maximum Gasteiger partial charge on any atom is 0.234 e. The predicted molar refractivity (Wildman–Crippen MR) is 53.8 cm³/mol. The summed E-state index contributed by atoms with van der Waals surface area (Å²) in [5, 5.41) is 0. The van der Waals surface area contributed by atoms with Crippen LogP contribution in [0.15, 0.2) is 9.98 Å². The van der Waals surface area contributed by atoms with E-state index in [9.17, 15) is 9.59 Å². The van der Waals surface area contributed by atoms with Crippen molar-refractivity contribution in [3.63, 3.8) is 0 Å². The molecule has 0 N–H and O–H groups in total. The van der Waals surface area contributed by atoms with Crippen LogP contribution >= 0.6 is 0 Å². The van der Waals surface area contributed by atoms with Gasteiger partial charge in [-0.2, -0.15) is 0 Å². The van der Waals surface area contributed by atoms with Crippen molar-refractivity contribution in [1.29, 1.82) is 0 Å². The third-order valence-electron chi connectivity index (χ3n) is 3.93. The van der Waals surface area contributed by atoms with Gasteiger partial charge in [0.25, 0.3) is 0 Å². The second kappa shape index (κ2) is 4.52. The molecule has 2 saturated carbocycles. The molecule has 4 nitrogen and oxygen atoms in total. The summed E-state index contributed by atoms with van der Waals surface area (Å²) in [4.78, 5) is 27.4. The van der Waals surface area contributed by atoms with Gasteiger partial charge in [0.05, 0.1) is 13.1 Å². The first-order valence-electron chi connectivity index (χ1n) is 5.42. The Kier molecular flexibility index (Phi) is 3.10. The van der Waals surface area contributed by atoms with Crippen molar-refractivity contribution in [2.75, 3.05) is 13.1 Å². The molecule has 0 saturated heterocycles. The van der Waals surface area contributed by atoms with Crippen molar-refractivity contribution in [3.8, 4) is 0 Å². The van der Waals surface area contributed by atoms with Crippen molar-refractivity contribution >= 4 is 12.2 Å². The summed E-state index contributed by atoms with van der Waals surface area (Å²) in [6.45, 7) is 1.27. The molecular weight excluding hydrogens is 192 g/mol. The van der Waals surface area contributed by atoms with E-state index < -0.39 is 0 Å². The lowest BCUT2D eigenvalue weighted by molar-refractivity contribution is 0.267. The molecular formula is C11H14N2O2. The van der Waals surface area contributed by atoms with Crippen LogP contribution in [0.4, 0.5) is 0 Å². The zero-order valence-electron chi connectivity index (χ0n) is 8.56. The Balaban J connectivity index is 1.88. The van der Waals surface area contributed by atoms with Gasteiger partial charge in [0.1, 0.15) is 0 Å². The second-order valence-electron chi connectivity index (χ2n) is 4.61. The fourth-order valence-electron chi connectivity index (χ4n) is 3.27. The average Bonchev–Trinajstić information content (AvgIpc) is 2.82. The molecule has 80 valence electrons. The fourth-order valence-corrected chi connectivity index (χ4v) is 3.27. The standard InChI is InChI=1S/C11H14N2O2/c14-6-12-4-10-2-8-1-9(10)3-11(8)5-13-7-15/h8-11H,1-5H2. The fraction of sp³-hybridized carbons (Fsp3) is 0.818. The van der Waals surface area contributed by atoms with E-state index in [1.165, 1.54) is 6.42 Å². The Morgan fingerprint density at radius 3 is 1.67 bits per heavy atom.